The van der Waals surface area contributed by atoms with Crippen LogP contribution in [0, 0.1) is 0 Å². The van der Waals surface area contributed by atoms with Crippen molar-refractivity contribution in [3.63, 3.8) is 0 Å². The molecule has 0 atom stereocenters. The lowest BCUT2D eigenvalue weighted by Gasteiger charge is -2.18. The second kappa shape index (κ2) is 13.1. The summed E-state index contributed by atoms with van der Waals surface area (Å²) in [4.78, 5) is 13.2. The first kappa shape index (κ1) is 31.3. The van der Waals surface area contributed by atoms with Gasteiger partial charge < -0.3 is 10.1 Å². The third kappa shape index (κ3) is 7.23. The molecule has 0 aliphatic rings. The smallest absolute Gasteiger partial charge is 0.261 e. The number of hydrogen-bond acceptors (Lipinski definition) is 6. The lowest BCUT2D eigenvalue weighted by Crippen LogP contribution is -2.30. The Morgan fingerprint density at radius 2 is 1.43 bits per heavy atom. The molecule has 4 rings (SSSR count). The molecule has 0 saturated heterocycles. The molecule has 220 valence electrons. The van der Waals surface area contributed by atoms with Gasteiger partial charge in [-0.3, -0.25) is 9.52 Å². The second-order valence-electron chi connectivity index (χ2n) is 8.87. The molecule has 0 fully saturated rings. The van der Waals surface area contributed by atoms with Crippen molar-refractivity contribution in [3.05, 3.63) is 107 Å². The van der Waals surface area contributed by atoms with Gasteiger partial charge in [0.2, 0.25) is 10.0 Å². The van der Waals surface area contributed by atoms with E-state index >= 15 is 0 Å². The summed E-state index contributed by atoms with van der Waals surface area (Å²) in [6.07, 6.45) is 0. The highest BCUT2D eigenvalue weighted by molar-refractivity contribution is 7.92. The zero-order valence-electron chi connectivity index (χ0n) is 22.5. The molecule has 0 aliphatic carbocycles. The van der Waals surface area contributed by atoms with Gasteiger partial charge in [0.25, 0.3) is 15.9 Å². The van der Waals surface area contributed by atoms with Crippen LogP contribution in [0.25, 0.3) is 0 Å². The molecule has 4 aromatic carbocycles. The number of amides is 1. The van der Waals surface area contributed by atoms with Crippen molar-refractivity contribution >= 4 is 60.5 Å². The molecule has 2 N–H and O–H groups in total. The van der Waals surface area contributed by atoms with Crippen molar-refractivity contribution in [1.82, 2.24) is 4.31 Å². The Hall–Kier alpha value is -3.61. The second-order valence-corrected chi connectivity index (χ2v) is 13.3. The van der Waals surface area contributed by atoms with Crippen LogP contribution in [0.15, 0.2) is 101 Å². The summed E-state index contributed by atoms with van der Waals surface area (Å²) in [5.41, 5.74) is 0.264. The van der Waals surface area contributed by atoms with Gasteiger partial charge in [0.05, 0.1) is 26.1 Å². The maximum atomic E-state index is 13.2. The quantitative estimate of drug-likeness (QED) is 0.183. The number of carbonyl (C=O) groups is 1. The molecule has 0 spiro atoms. The van der Waals surface area contributed by atoms with Crippen LogP contribution in [-0.2, 0) is 20.0 Å². The van der Waals surface area contributed by atoms with Gasteiger partial charge >= 0.3 is 0 Å². The van der Waals surface area contributed by atoms with E-state index < -0.39 is 26.0 Å². The number of nitrogens with one attached hydrogen (secondary N) is 2. The number of sulfonamides is 2. The van der Waals surface area contributed by atoms with Gasteiger partial charge in [0.1, 0.15) is 11.5 Å². The van der Waals surface area contributed by atoms with Gasteiger partial charge in [-0.2, -0.15) is 4.31 Å². The largest absolute Gasteiger partial charge is 0.456 e. The Kier molecular flexibility index (Phi) is 9.80. The number of carbonyl (C=O) groups excluding carboxylic acids is 1. The van der Waals surface area contributed by atoms with Gasteiger partial charge in [-0.25, -0.2) is 16.8 Å². The molecule has 1 amide bonds. The van der Waals surface area contributed by atoms with Crippen molar-refractivity contribution in [3.8, 4) is 11.5 Å². The number of hydrogen-bond donors (Lipinski definition) is 2. The van der Waals surface area contributed by atoms with Crippen LogP contribution in [0.3, 0.4) is 0 Å². The van der Waals surface area contributed by atoms with Crippen LogP contribution in [0.1, 0.15) is 24.2 Å². The highest BCUT2D eigenvalue weighted by atomic mass is 35.5. The molecule has 0 saturated carbocycles. The Bertz CT molecular complexity index is 1790. The maximum absolute atomic E-state index is 13.2. The van der Waals surface area contributed by atoms with Crippen molar-refractivity contribution in [1.29, 1.82) is 0 Å². The molecule has 13 heteroatoms. The van der Waals surface area contributed by atoms with Gasteiger partial charge in [-0.1, -0.05) is 49.2 Å². The Morgan fingerprint density at radius 1 is 0.810 bits per heavy atom. The summed E-state index contributed by atoms with van der Waals surface area (Å²) in [6, 6.07) is 22.4. The third-order valence-electron chi connectivity index (χ3n) is 6.12. The fourth-order valence-corrected chi connectivity index (χ4v) is 6.84. The van der Waals surface area contributed by atoms with Crippen LogP contribution in [0.4, 0.5) is 11.4 Å². The number of benzene rings is 4. The SMILES string of the molecule is CCN(CC)S(=O)(=O)c1ccc(NC(=O)c2cc(Cl)ccc2NS(=O)(=O)c2ccc(Oc3ccccc3Cl)cc2)cc1. The van der Waals surface area contributed by atoms with E-state index in [2.05, 4.69) is 10.0 Å². The fourth-order valence-electron chi connectivity index (χ4n) is 3.96. The molecule has 0 bridgehead atoms. The summed E-state index contributed by atoms with van der Waals surface area (Å²) in [5, 5.41) is 3.27. The minimum absolute atomic E-state index is 0.00553. The van der Waals surface area contributed by atoms with E-state index in [1.165, 1.54) is 71.0 Å². The third-order valence-corrected chi connectivity index (χ3v) is 10.1. The van der Waals surface area contributed by atoms with Crippen molar-refractivity contribution in [2.24, 2.45) is 0 Å². The number of halogens is 2. The minimum atomic E-state index is -4.11. The van der Waals surface area contributed by atoms with E-state index in [1.807, 2.05) is 0 Å². The first-order chi connectivity index (χ1) is 19.9. The van der Waals surface area contributed by atoms with E-state index in [-0.39, 0.29) is 26.1 Å². The summed E-state index contributed by atoms with van der Waals surface area (Å²) < 4.78 is 61.3. The molecule has 42 heavy (non-hydrogen) atoms. The number of para-hydroxylation sites is 1. The topological polar surface area (TPSA) is 122 Å². The first-order valence-corrected chi connectivity index (χ1v) is 16.4. The van der Waals surface area contributed by atoms with Gasteiger partial charge in [0, 0.05) is 23.8 Å². The van der Waals surface area contributed by atoms with Gasteiger partial charge in [-0.15, -0.1) is 0 Å². The van der Waals surface area contributed by atoms with E-state index in [0.29, 0.717) is 35.3 Å². The van der Waals surface area contributed by atoms with E-state index in [4.69, 9.17) is 27.9 Å². The molecular formula is C29H27Cl2N3O6S2. The van der Waals surface area contributed by atoms with Crippen molar-refractivity contribution in [2.45, 2.75) is 23.6 Å². The Labute approximate surface area is 255 Å². The summed E-state index contributed by atoms with van der Waals surface area (Å²) in [5.74, 6) is 0.146. The summed E-state index contributed by atoms with van der Waals surface area (Å²) in [7, 11) is -7.78. The van der Waals surface area contributed by atoms with Crippen LogP contribution < -0.4 is 14.8 Å². The summed E-state index contributed by atoms with van der Waals surface area (Å²) in [6.45, 7) is 4.15. The van der Waals surface area contributed by atoms with Gasteiger partial charge in [0.15, 0.2) is 0 Å². The molecule has 0 radical (unpaired) electrons. The zero-order valence-corrected chi connectivity index (χ0v) is 25.7. The predicted octanol–water partition coefficient (Wildman–Crippen LogP) is 6.87. The number of nitrogens with zero attached hydrogens (tertiary/aromatic N) is 1. The van der Waals surface area contributed by atoms with Crippen LogP contribution in [0.5, 0.6) is 11.5 Å². The maximum Gasteiger partial charge on any atom is 0.261 e. The van der Waals surface area contributed by atoms with E-state index in [9.17, 15) is 21.6 Å². The average Bonchev–Trinajstić information content (AvgIpc) is 2.96. The molecule has 0 aromatic heterocycles. The summed E-state index contributed by atoms with van der Waals surface area (Å²) >= 11 is 12.2. The lowest BCUT2D eigenvalue weighted by molar-refractivity contribution is 0.102. The van der Waals surface area contributed by atoms with Crippen LogP contribution >= 0.6 is 23.2 Å². The Balaban J connectivity index is 1.52. The highest BCUT2D eigenvalue weighted by Crippen LogP contribution is 2.30. The Morgan fingerprint density at radius 3 is 2.05 bits per heavy atom. The predicted molar refractivity (Wildman–Crippen MR) is 165 cm³/mol. The monoisotopic (exact) mass is 647 g/mol. The van der Waals surface area contributed by atoms with Crippen LogP contribution in [0.2, 0.25) is 10.0 Å². The minimum Gasteiger partial charge on any atom is -0.456 e. The highest BCUT2D eigenvalue weighted by Gasteiger charge is 2.22. The molecule has 0 heterocycles. The van der Waals surface area contributed by atoms with Crippen LogP contribution in [-0.4, -0.2) is 40.1 Å². The average molecular weight is 649 g/mol. The molecule has 0 aliphatic heterocycles. The zero-order chi connectivity index (χ0) is 30.5. The standard InChI is InChI=1S/C29H27Cl2N3O6S2/c1-3-34(4-2)42(38,39)24-14-10-21(11-15-24)32-29(35)25-19-20(30)9-18-27(25)33-41(36,37)23-16-12-22(13-17-23)40-28-8-6-5-7-26(28)31/h5-19,33H,3-4H2,1-2H3,(H,32,35). The molecule has 4 aromatic rings. The first-order valence-electron chi connectivity index (χ1n) is 12.7. The number of rotatable bonds is 11. The number of anilines is 2. The van der Waals surface area contributed by atoms with Crippen molar-refractivity contribution in [2.75, 3.05) is 23.1 Å². The molecular weight excluding hydrogens is 621 g/mol. The normalized spacial score (nSPS) is 11.7. The molecule has 0 unspecified atom stereocenters. The van der Waals surface area contributed by atoms with Gasteiger partial charge in [-0.05, 0) is 78.9 Å². The van der Waals surface area contributed by atoms with E-state index in [1.54, 1.807) is 38.1 Å². The lowest BCUT2D eigenvalue weighted by atomic mass is 10.1. The number of ether oxygens (including phenoxy) is 1. The fraction of sp³-hybridized carbons (Fsp3) is 0.138. The molecule has 9 nitrogen and oxygen atoms in total. The van der Waals surface area contributed by atoms with Crippen molar-refractivity contribution < 1.29 is 26.4 Å². The van der Waals surface area contributed by atoms with E-state index in [0.717, 1.165) is 0 Å².